The number of hydrogen-bond donors (Lipinski definition) is 0. The van der Waals surface area contributed by atoms with Gasteiger partial charge in [-0.2, -0.15) is 4.31 Å². The lowest BCUT2D eigenvalue weighted by Gasteiger charge is -2.32. The summed E-state index contributed by atoms with van der Waals surface area (Å²) in [7, 11) is -1.61. The van der Waals surface area contributed by atoms with Crippen molar-refractivity contribution in [2.45, 2.75) is 44.4 Å². The second-order valence-electron chi connectivity index (χ2n) is 6.60. The summed E-state index contributed by atoms with van der Waals surface area (Å²) in [6, 6.07) is 6.93. The monoisotopic (exact) mass is 352 g/mol. The van der Waals surface area contributed by atoms with Crippen LogP contribution in [0.25, 0.3) is 0 Å². The molecule has 0 aliphatic carbocycles. The molecule has 1 amide bonds. The summed E-state index contributed by atoms with van der Waals surface area (Å²) in [5.41, 5.74) is 1.04. The molecule has 0 aromatic heterocycles. The van der Waals surface area contributed by atoms with E-state index in [1.54, 1.807) is 17.0 Å². The van der Waals surface area contributed by atoms with E-state index in [1.165, 1.54) is 4.31 Å². The van der Waals surface area contributed by atoms with E-state index in [1.807, 2.05) is 26.1 Å². The molecule has 5 nitrogen and oxygen atoms in total. The van der Waals surface area contributed by atoms with Crippen LogP contribution in [0.2, 0.25) is 0 Å². The van der Waals surface area contributed by atoms with E-state index >= 15 is 0 Å². The van der Waals surface area contributed by atoms with Crippen LogP contribution in [0.4, 0.5) is 0 Å². The zero-order valence-electron chi connectivity index (χ0n) is 14.9. The fourth-order valence-corrected chi connectivity index (χ4v) is 4.49. The number of amides is 1. The van der Waals surface area contributed by atoms with Gasteiger partial charge in [0.2, 0.25) is 15.9 Å². The molecule has 6 heteroatoms. The Morgan fingerprint density at radius 3 is 2.33 bits per heavy atom. The molecule has 1 aliphatic rings. The molecule has 0 atom stereocenters. The van der Waals surface area contributed by atoms with Crippen LogP contribution in [0.5, 0.6) is 0 Å². The summed E-state index contributed by atoms with van der Waals surface area (Å²) in [5, 5.41) is 0. The van der Waals surface area contributed by atoms with Gasteiger partial charge in [-0.05, 0) is 38.3 Å². The lowest BCUT2D eigenvalue weighted by Crippen LogP contribution is -2.43. The average Bonchev–Trinajstić information content (AvgIpc) is 2.59. The van der Waals surface area contributed by atoms with E-state index in [4.69, 9.17) is 0 Å². The van der Waals surface area contributed by atoms with Gasteiger partial charge in [-0.1, -0.05) is 31.0 Å². The van der Waals surface area contributed by atoms with Crippen LogP contribution in [0.15, 0.2) is 29.2 Å². The summed E-state index contributed by atoms with van der Waals surface area (Å²) in [6.07, 6.45) is 3.26. The number of rotatable bonds is 6. The van der Waals surface area contributed by atoms with Crippen molar-refractivity contribution in [3.05, 3.63) is 29.8 Å². The summed E-state index contributed by atoms with van der Waals surface area (Å²) in [6.45, 7) is 5.63. The topological polar surface area (TPSA) is 57.7 Å². The largest absolute Gasteiger partial charge is 0.346 e. The molecule has 0 bridgehead atoms. The van der Waals surface area contributed by atoms with Gasteiger partial charge < -0.3 is 4.90 Å². The molecule has 0 N–H and O–H groups in total. The quantitative estimate of drug-likeness (QED) is 0.791. The van der Waals surface area contributed by atoms with Crippen molar-refractivity contribution in [1.29, 1.82) is 0 Å². The van der Waals surface area contributed by atoms with Crippen LogP contribution in [-0.2, 0) is 14.8 Å². The fourth-order valence-electron chi connectivity index (χ4n) is 3.02. The number of benzene rings is 1. The van der Waals surface area contributed by atoms with E-state index in [0.29, 0.717) is 30.8 Å². The highest BCUT2D eigenvalue weighted by atomic mass is 32.2. The maximum Gasteiger partial charge on any atom is 0.243 e. The molecule has 1 aliphatic heterocycles. The highest BCUT2D eigenvalue weighted by Crippen LogP contribution is 2.25. The first-order valence-corrected chi connectivity index (χ1v) is 10.1. The van der Waals surface area contributed by atoms with Crippen molar-refractivity contribution in [3.63, 3.8) is 0 Å². The smallest absolute Gasteiger partial charge is 0.243 e. The molecule has 1 aromatic rings. The number of unbranched alkanes of at least 4 members (excludes halogenated alkanes) is 1. The number of hydrogen-bond acceptors (Lipinski definition) is 3. The Morgan fingerprint density at radius 1 is 1.21 bits per heavy atom. The van der Waals surface area contributed by atoms with Crippen molar-refractivity contribution in [1.82, 2.24) is 9.21 Å². The Morgan fingerprint density at radius 2 is 1.79 bits per heavy atom. The second-order valence-corrected chi connectivity index (χ2v) is 8.54. The Balaban J connectivity index is 1.97. The zero-order chi connectivity index (χ0) is 17.7. The average molecular weight is 353 g/mol. The molecule has 2 rings (SSSR count). The standard InChI is InChI=1S/C18H28N2O3S/c1-4-5-12-19(3)18(21)16-10-13-20(14-11-16)24(22,23)17-8-6-15(2)7-9-17/h6-9,16H,4-5,10-14H2,1-3H3. The van der Waals surface area contributed by atoms with E-state index < -0.39 is 10.0 Å². The number of nitrogens with zero attached hydrogens (tertiary/aromatic N) is 2. The Bertz CT molecular complexity index is 647. The van der Waals surface area contributed by atoms with Crippen molar-refractivity contribution in [3.8, 4) is 0 Å². The van der Waals surface area contributed by atoms with E-state index in [0.717, 1.165) is 24.9 Å². The van der Waals surface area contributed by atoms with Crippen molar-refractivity contribution in [2.24, 2.45) is 5.92 Å². The fraction of sp³-hybridized carbons (Fsp3) is 0.611. The Kier molecular flexibility index (Phi) is 6.40. The van der Waals surface area contributed by atoms with Crippen LogP contribution in [0.3, 0.4) is 0 Å². The molecule has 0 spiro atoms. The normalized spacial score (nSPS) is 17.0. The van der Waals surface area contributed by atoms with Gasteiger partial charge in [0.1, 0.15) is 0 Å². The SMILES string of the molecule is CCCCN(C)C(=O)C1CCN(S(=O)(=O)c2ccc(C)cc2)CC1. The third kappa shape index (κ3) is 4.36. The first-order valence-electron chi connectivity index (χ1n) is 8.68. The predicted molar refractivity (Wildman–Crippen MR) is 95.2 cm³/mol. The van der Waals surface area contributed by atoms with Crippen LogP contribution in [-0.4, -0.2) is 50.2 Å². The number of aryl methyl sites for hydroxylation is 1. The Hall–Kier alpha value is -1.40. The maximum atomic E-state index is 12.7. The molecule has 0 saturated carbocycles. The van der Waals surface area contributed by atoms with Gasteiger partial charge in [-0.3, -0.25) is 4.79 Å². The highest BCUT2D eigenvalue weighted by Gasteiger charge is 2.32. The van der Waals surface area contributed by atoms with Gasteiger partial charge in [-0.15, -0.1) is 0 Å². The number of piperidine rings is 1. The van der Waals surface area contributed by atoms with Gasteiger partial charge >= 0.3 is 0 Å². The summed E-state index contributed by atoms with van der Waals surface area (Å²) >= 11 is 0. The lowest BCUT2D eigenvalue weighted by atomic mass is 9.96. The van der Waals surface area contributed by atoms with Crippen LogP contribution >= 0.6 is 0 Å². The second kappa shape index (κ2) is 8.12. The Labute approximate surface area is 145 Å². The first kappa shape index (κ1) is 18.9. The van der Waals surface area contributed by atoms with Crippen molar-refractivity contribution >= 4 is 15.9 Å². The minimum absolute atomic E-state index is 0.0590. The van der Waals surface area contributed by atoms with Crippen molar-refractivity contribution in [2.75, 3.05) is 26.7 Å². The van der Waals surface area contributed by atoms with Gasteiger partial charge in [-0.25, -0.2) is 8.42 Å². The molecule has 24 heavy (non-hydrogen) atoms. The van der Waals surface area contributed by atoms with Gasteiger partial charge in [0.05, 0.1) is 4.90 Å². The molecule has 1 saturated heterocycles. The molecule has 1 aromatic carbocycles. The minimum atomic E-state index is -3.45. The molecule has 134 valence electrons. The van der Waals surface area contributed by atoms with E-state index in [9.17, 15) is 13.2 Å². The molecule has 1 heterocycles. The predicted octanol–water partition coefficient (Wildman–Crippen LogP) is 2.65. The van der Waals surface area contributed by atoms with E-state index in [-0.39, 0.29) is 11.8 Å². The number of carbonyl (C=O) groups is 1. The van der Waals surface area contributed by atoms with Crippen LogP contribution in [0.1, 0.15) is 38.2 Å². The van der Waals surface area contributed by atoms with Gasteiger partial charge in [0, 0.05) is 32.6 Å². The molecular weight excluding hydrogens is 324 g/mol. The summed E-state index contributed by atoms with van der Waals surface area (Å²) in [5.74, 6) is 0.0900. The van der Waals surface area contributed by atoms with Crippen molar-refractivity contribution < 1.29 is 13.2 Å². The number of carbonyl (C=O) groups excluding carboxylic acids is 1. The van der Waals surface area contributed by atoms with Gasteiger partial charge in [0.15, 0.2) is 0 Å². The van der Waals surface area contributed by atoms with Crippen LogP contribution < -0.4 is 0 Å². The summed E-state index contributed by atoms with van der Waals surface area (Å²) in [4.78, 5) is 14.5. The minimum Gasteiger partial charge on any atom is -0.346 e. The third-order valence-corrected chi connectivity index (χ3v) is 6.60. The molecular formula is C18H28N2O3S. The maximum absolute atomic E-state index is 12.7. The third-order valence-electron chi connectivity index (χ3n) is 4.69. The lowest BCUT2D eigenvalue weighted by molar-refractivity contribution is -0.135. The van der Waals surface area contributed by atoms with E-state index in [2.05, 4.69) is 6.92 Å². The molecule has 1 fully saturated rings. The first-order chi connectivity index (χ1) is 11.4. The number of sulfonamides is 1. The highest BCUT2D eigenvalue weighted by molar-refractivity contribution is 7.89. The van der Waals surface area contributed by atoms with Crippen LogP contribution in [0, 0.1) is 12.8 Å². The zero-order valence-corrected chi connectivity index (χ0v) is 15.7. The molecule has 0 radical (unpaired) electrons. The van der Waals surface area contributed by atoms with Gasteiger partial charge in [0.25, 0.3) is 0 Å². The summed E-state index contributed by atoms with van der Waals surface area (Å²) < 4.78 is 26.9. The molecule has 0 unspecified atom stereocenters.